The van der Waals surface area contributed by atoms with E-state index in [9.17, 15) is 4.79 Å². The lowest BCUT2D eigenvalue weighted by molar-refractivity contribution is -0.104. The van der Waals surface area contributed by atoms with Gasteiger partial charge in [0.15, 0.2) is 0 Å². The zero-order chi connectivity index (χ0) is 10.6. The summed E-state index contributed by atoms with van der Waals surface area (Å²) in [4.78, 5) is 10.6. The Hall–Kier alpha value is -0.600. The molecule has 1 aromatic rings. The SMILES string of the molecule is CC/C(C=O)=C/c1cc(Cl)ccc1Br. The van der Waals surface area contributed by atoms with Gasteiger partial charge in [-0.2, -0.15) is 0 Å². The molecular formula is C11H10BrClO. The molecule has 1 nitrogen and oxygen atoms in total. The summed E-state index contributed by atoms with van der Waals surface area (Å²) in [5.74, 6) is 0. The van der Waals surface area contributed by atoms with Gasteiger partial charge in [-0.1, -0.05) is 34.5 Å². The lowest BCUT2D eigenvalue weighted by atomic mass is 10.1. The first kappa shape index (κ1) is 11.5. The third kappa shape index (κ3) is 2.96. The van der Waals surface area contributed by atoms with Gasteiger partial charge in [0, 0.05) is 9.50 Å². The van der Waals surface area contributed by atoms with E-state index in [-0.39, 0.29) is 0 Å². The van der Waals surface area contributed by atoms with Crippen molar-refractivity contribution < 1.29 is 4.79 Å². The first-order valence-corrected chi connectivity index (χ1v) is 5.45. The van der Waals surface area contributed by atoms with Crippen LogP contribution in [0.4, 0.5) is 0 Å². The minimum atomic E-state index is 0.667. The number of hydrogen-bond acceptors (Lipinski definition) is 1. The van der Waals surface area contributed by atoms with E-state index in [0.717, 1.165) is 28.3 Å². The van der Waals surface area contributed by atoms with Crippen molar-refractivity contribution in [3.8, 4) is 0 Å². The van der Waals surface area contributed by atoms with Crippen molar-refractivity contribution in [2.45, 2.75) is 13.3 Å². The molecule has 0 aliphatic rings. The highest BCUT2D eigenvalue weighted by Gasteiger charge is 1.99. The molecule has 0 aliphatic carbocycles. The highest BCUT2D eigenvalue weighted by atomic mass is 79.9. The third-order valence-electron chi connectivity index (χ3n) is 1.86. The van der Waals surface area contributed by atoms with Gasteiger partial charge in [-0.05, 0) is 41.8 Å². The molecule has 0 saturated heterocycles. The molecule has 0 fully saturated rings. The van der Waals surface area contributed by atoms with Gasteiger partial charge in [0.1, 0.15) is 6.29 Å². The molecule has 0 amide bonds. The fraction of sp³-hybridized carbons (Fsp3) is 0.182. The summed E-state index contributed by atoms with van der Waals surface area (Å²) in [6, 6.07) is 5.49. The maximum absolute atomic E-state index is 10.6. The molecule has 14 heavy (non-hydrogen) atoms. The van der Waals surface area contributed by atoms with Crippen LogP contribution in [-0.4, -0.2) is 6.29 Å². The van der Waals surface area contributed by atoms with Crippen molar-refractivity contribution in [3.63, 3.8) is 0 Å². The highest BCUT2D eigenvalue weighted by Crippen LogP contribution is 2.23. The minimum absolute atomic E-state index is 0.667. The van der Waals surface area contributed by atoms with Gasteiger partial charge in [-0.3, -0.25) is 4.79 Å². The zero-order valence-corrected chi connectivity index (χ0v) is 10.1. The molecule has 0 N–H and O–H groups in total. The maximum atomic E-state index is 10.6. The number of carbonyl (C=O) groups is 1. The van der Waals surface area contributed by atoms with Crippen molar-refractivity contribution >= 4 is 39.9 Å². The second-order valence-electron chi connectivity index (χ2n) is 2.86. The van der Waals surface area contributed by atoms with Gasteiger partial charge in [0.25, 0.3) is 0 Å². The number of halogens is 2. The molecule has 0 aliphatic heterocycles. The highest BCUT2D eigenvalue weighted by molar-refractivity contribution is 9.10. The monoisotopic (exact) mass is 272 g/mol. The molecule has 0 unspecified atom stereocenters. The quantitative estimate of drug-likeness (QED) is 0.599. The molecule has 1 aromatic carbocycles. The topological polar surface area (TPSA) is 17.1 Å². The molecule has 0 heterocycles. The predicted octanol–water partition coefficient (Wildman–Crippen LogP) is 4.09. The Morgan fingerprint density at radius 3 is 2.86 bits per heavy atom. The zero-order valence-electron chi connectivity index (χ0n) is 7.76. The first-order chi connectivity index (χ1) is 6.67. The molecular weight excluding hydrogens is 263 g/mol. The van der Waals surface area contributed by atoms with Gasteiger partial charge in [-0.15, -0.1) is 0 Å². The van der Waals surface area contributed by atoms with Crippen LogP contribution < -0.4 is 0 Å². The average Bonchev–Trinajstić information content (AvgIpc) is 2.19. The smallest absolute Gasteiger partial charge is 0.146 e. The summed E-state index contributed by atoms with van der Waals surface area (Å²) in [6.07, 6.45) is 3.43. The van der Waals surface area contributed by atoms with Crippen LogP contribution in [0.2, 0.25) is 5.02 Å². The van der Waals surface area contributed by atoms with E-state index in [4.69, 9.17) is 11.6 Å². The van der Waals surface area contributed by atoms with E-state index < -0.39 is 0 Å². The summed E-state index contributed by atoms with van der Waals surface area (Å²) < 4.78 is 0.940. The van der Waals surface area contributed by atoms with Crippen LogP contribution >= 0.6 is 27.5 Å². The van der Waals surface area contributed by atoms with Crippen molar-refractivity contribution in [3.05, 3.63) is 38.8 Å². The third-order valence-corrected chi connectivity index (χ3v) is 2.82. The molecule has 3 heteroatoms. The molecule has 0 aromatic heterocycles. The molecule has 0 radical (unpaired) electrons. The first-order valence-electron chi connectivity index (χ1n) is 4.28. The Labute approximate surface area is 96.9 Å². The van der Waals surface area contributed by atoms with Crippen LogP contribution in [0.1, 0.15) is 18.9 Å². The summed E-state index contributed by atoms with van der Waals surface area (Å²) >= 11 is 9.25. The number of allylic oxidation sites excluding steroid dienone is 1. The number of rotatable bonds is 3. The molecule has 0 bridgehead atoms. The van der Waals surface area contributed by atoms with E-state index in [1.807, 2.05) is 25.1 Å². The van der Waals surface area contributed by atoms with E-state index >= 15 is 0 Å². The summed E-state index contributed by atoms with van der Waals surface area (Å²) in [5, 5.41) is 0.667. The largest absolute Gasteiger partial charge is 0.298 e. The van der Waals surface area contributed by atoms with Crippen LogP contribution in [0, 0.1) is 0 Å². The molecule has 0 saturated carbocycles. The van der Waals surface area contributed by atoms with Gasteiger partial charge >= 0.3 is 0 Å². The Balaban J connectivity index is 3.12. The summed E-state index contributed by atoms with van der Waals surface area (Å²) in [5.41, 5.74) is 1.69. The van der Waals surface area contributed by atoms with E-state index in [2.05, 4.69) is 15.9 Å². The van der Waals surface area contributed by atoms with E-state index in [1.165, 1.54) is 0 Å². The Morgan fingerprint density at radius 1 is 1.57 bits per heavy atom. The number of aldehydes is 1. The average molecular weight is 274 g/mol. The standard InChI is InChI=1S/C11H10BrClO/c1-2-8(7-14)5-9-6-10(13)3-4-11(9)12/h3-7H,2H2,1H3/b8-5-. The van der Waals surface area contributed by atoms with Crippen molar-refractivity contribution in [2.24, 2.45) is 0 Å². The summed E-state index contributed by atoms with van der Waals surface area (Å²) in [7, 11) is 0. The fourth-order valence-corrected chi connectivity index (χ4v) is 1.59. The number of benzene rings is 1. The number of carbonyl (C=O) groups excluding carboxylic acids is 1. The van der Waals surface area contributed by atoms with Crippen LogP contribution in [-0.2, 0) is 4.79 Å². The summed E-state index contributed by atoms with van der Waals surface area (Å²) in [6.45, 7) is 1.94. The van der Waals surface area contributed by atoms with Crippen LogP contribution in [0.3, 0.4) is 0 Å². The Morgan fingerprint density at radius 2 is 2.29 bits per heavy atom. The second kappa shape index (κ2) is 5.32. The van der Waals surface area contributed by atoms with Crippen LogP contribution in [0.15, 0.2) is 28.2 Å². The van der Waals surface area contributed by atoms with Crippen molar-refractivity contribution in [2.75, 3.05) is 0 Å². The molecule has 74 valence electrons. The minimum Gasteiger partial charge on any atom is -0.298 e. The lowest BCUT2D eigenvalue weighted by Gasteiger charge is -2.00. The van der Waals surface area contributed by atoms with Gasteiger partial charge < -0.3 is 0 Å². The maximum Gasteiger partial charge on any atom is 0.146 e. The molecule has 1 rings (SSSR count). The predicted molar refractivity (Wildman–Crippen MR) is 63.5 cm³/mol. The van der Waals surface area contributed by atoms with Crippen molar-refractivity contribution in [1.82, 2.24) is 0 Å². The van der Waals surface area contributed by atoms with Crippen molar-refractivity contribution in [1.29, 1.82) is 0 Å². The fourth-order valence-electron chi connectivity index (χ4n) is 1.04. The van der Waals surface area contributed by atoms with Gasteiger partial charge in [0.2, 0.25) is 0 Å². The molecule has 0 spiro atoms. The van der Waals surface area contributed by atoms with E-state index in [0.29, 0.717) is 5.02 Å². The Kier molecular flexibility index (Phi) is 4.36. The van der Waals surface area contributed by atoms with E-state index in [1.54, 1.807) is 6.07 Å². The van der Waals surface area contributed by atoms with Gasteiger partial charge in [0.05, 0.1) is 0 Å². The normalized spacial score (nSPS) is 11.5. The van der Waals surface area contributed by atoms with Gasteiger partial charge in [-0.25, -0.2) is 0 Å². The van der Waals surface area contributed by atoms with Crippen LogP contribution in [0.25, 0.3) is 6.08 Å². The number of hydrogen-bond donors (Lipinski definition) is 0. The Bertz CT molecular complexity index is 372. The lowest BCUT2D eigenvalue weighted by Crippen LogP contribution is -1.83. The molecule has 0 atom stereocenters. The van der Waals surface area contributed by atoms with Crippen LogP contribution in [0.5, 0.6) is 0 Å². The second-order valence-corrected chi connectivity index (χ2v) is 4.15.